The summed E-state index contributed by atoms with van der Waals surface area (Å²) >= 11 is 5.64. The number of nitrogens with one attached hydrogen (secondary N) is 1. The van der Waals surface area contributed by atoms with E-state index >= 15 is 0 Å². The standard InChI is InChI=1S/C23H31N3OS/c1-3-4-6-19-9-11-21(12-10-19)24-23(28)26-15-13-25(14-16-26)18-20-7-5-8-22(17-20)27-2/h5,7-12,17H,3-4,6,13-16,18H2,1-2H3,(H,24,28). The molecule has 0 unspecified atom stereocenters. The predicted molar refractivity (Wildman–Crippen MR) is 121 cm³/mol. The Morgan fingerprint density at radius 1 is 1.04 bits per heavy atom. The molecule has 28 heavy (non-hydrogen) atoms. The van der Waals surface area contributed by atoms with Crippen LogP contribution in [-0.4, -0.2) is 48.2 Å². The number of hydrogen-bond donors (Lipinski definition) is 1. The molecule has 0 amide bonds. The summed E-state index contributed by atoms with van der Waals surface area (Å²) in [5.74, 6) is 0.919. The molecule has 1 saturated heterocycles. The molecule has 0 saturated carbocycles. The van der Waals surface area contributed by atoms with Crippen LogP contribution in [0.25, 0.3) is 0 Å². The average molecular weight is 398 g/mol. The molecule has 150 valence electrons. The summed E-state index contributed by atoms with van der Waals surface area (Å²) in [6, 6.07) is 17.0. The lowest BCUT2D eigenvalue weighted by Gasteiger charge is -2.36. The highest BCUT2D eigenvalue weighted by molar-refractivity contribution is 7.80. The average Bonchev–Trinajstić information content (AvgIpc) is 2.74. The van der Waals surface area contributed by atoms with Crippen LogP contribution in [0.2, 0.25) is 0 Å². The fraction of sp³-hybridized carbons (Fsp3) is 0.435. The van der Waals surface area contributed by atoms with Gasteiger partial charge in [-0.05, 0) is 60.5 Å². The number of ether oxygens (including phenoxy) is 1. The minimum atomic E-state index is 0.822. The zero-order valence-electron chi connectivity index (χ0n) is 17.0. The molecule has 4 nitrogen and oxygen atoms in total. The van der Waals surface area contributed by atoms with E-state index in [0.29, 0.717) is 0 Å². The van der Waals surface area contributed by atoms with Gasteiger partial charge in [0.2, 0.25) is 0 Å². The number of unbranched alkanes of at least 4 members (excludes halogenated alkanes) is 1. The summed E-state index contributed by atoms with van der Waals surface area (Å²) in [7, 11) is 1.71. The topological polar surface area (TPSA) is 27.7 Å². The molecular weight excluding hydrogens is 366 g/mol. The summed E-state index contributed by atoms with van der Waals surface area (Å²) in [5, 5.41) is 4.22. The van der Waals surface area contributed by atoms with Crippen LogP contribution in [-0.2, 0) is 13.0 Å². The Labute approximate surface area is 174 Å². The minimum absolute atomic E-state index is 0.822. The van der Waals surface area contributed by atoms with E-state index < -0.39 is 0 Å². The van der Waals surface area contributed by atoms with Crippen LogP contribution in [0.3, 0.4) is 0 Å². The van der Waals surface area contributed by atoms with Crippen molar-refractivity contribution in [1.29, 1.82) is 0 Å². The highest BCUT2D eigenvalue weighted by Gasteiger charge is 2.19. The van der Waals surface area contributed by atoms with E-state index in [2.05, 4.69) is 64.5 Å². The lowest BCUT2D eigenvalue weighted by Crippen LogP contribution is -2.49. The summed E-state index contributed by atoms with van der Waals surface area (Å²) < 4.78 is 5.32. The number of methoxy groups -OCH3 is 1. The number of hydrogen-bond acceptors (Lipinski definition) is 3. The number of aryl methyl sites for hydroxylation is 1. The van der Waals surface area contributed by atoms with Crippen molar-refractivity contribution < 1.29 is 4.74 Å². The van der Waals surface area contributed by atoms with Gasteiger partial charge in [-0.3, -0.25) is 4.90 Å². The van der Waals surface area contributed by atoms with Gasteiger partial charge in [0.1, 0.15) is 5.75 Å². The highest BCUT2D eigenvalue weighted by Crippen LogP contribution is 2.16. The van der Waals surface area contributed by atoms with Gasteiger partial charge in [-0.25, -0.2) is 0 Å². The summed E-state index contributed by atoms with van der Waals surface area (Å²) in [4.78, 5) is 4.73. The number of rotatable bonds is 7. The quantitative estimate of drug-likeness (QED) is 0.692. The first-order valence-electron chi connectivity index (χ1n) is 10.2. The van der Waals surface area contributed by atoms with E-state index in [4.69, 9.17) is 17.0 Å². The lowest BCUT2D eigenvalue weighted by atomic mass is 10.1. The molecule has 2 aromatic rings. The largest absolute Gasteiger partial charge is 0.497 e. The van der Waals surface area contributed by atoms with Crippen LogP contribution in [0.15, 0.2) is 48.5 Å². The third kappa shape index (κ3) is 5.94. The first-order chi connectivity index (χ1) is 13.7. The predicted octanol–water partition coefficient (Wildman–Crippen LogP) is 4.55. The Morgan fingerprint density at radius 2 is 1.79 bits per heavy atom. The molecule has 0 aliphatic carbocycles. The van der Waals surface area contributed by atoms with Crippen molar-refractivity contribution in [2.75, 3.05) is 38.6 Å². The lowest BCUT2D eigenvalue weighted by molar-refractivity contribution is 0.177. The van der Waals surface area contributed by atoms with Crippen molar-refractivity contribution in [3.05, 3.63) is 59.7 Å². The molecule has 2 aromatic carbocycles. The van der Waals surface area contributed by atoms with E-state index in [1.807, 2.05) is 6.07 Å². The van der Waals surface area contributed by atoms with Crippen molar-refractivity contribution in [3.8, 4) is 5.75 Å². The van der Waals surface area contributed by atoms with Gasteiger partial charge in [-0.15, -0.1) is 0 Å². The second-order valence-corrected chi connectivity index (χ2v) is 7.73. The first-order valence-corrected chi connectivity index (χ1v) is 10.6. The Bertz CT molecular complexity index is 755. The molecule has 3 rings (SSSR count). The highest BCUT2D eigenvalue weighted by atomic mass is 32.1. The number of piperazine rings is 1. The van der Waals surface area contributed by atoms with E-state index in [0.717, 1.165) is 55.7 Å². The van der Waals surface area contributed by atoms with E-state index in [9.17, 15) is 0 Å². The van der Waals surface area contributed by atoms with Crippen LogP contribution in [0, 0.1) is 0 Å². The molecule has 0 atom stereocenters. The van der Waals surface area contributed by atoms with Gasteiger partial charge >= 0.3 is 0 Å². The fourth-order valence-electron chi connectivity index (χ4n) is 3.48. The molecule has 1 heterocycles. The molecule has 1 aliphatic heterocycles. The second-order valence-electron chi connectivity index (χ2n) is 7.35. The van der Waals surface area contributed by atoms with Crippen molar-refractivity contribution in [3.63, 3.8) is 0 Å². The van der Waals surface area contributed by atoms with Crippen LogP contribution in [0.5, 0.6) is 5.75 Å². The Morgan fingerprint density at radius 3 is 2.46 bits per heavy atom. The number of thiocarbonyl (C=S) groups is 1. The van der Waals surface area contributed by atoms with Crippen molar-refractivity contribution in [2.24, 2.45) is 0 Å². The van der Waals surface area contributed by atoms with Gasteiger partial charge in [0.25, 0.3) is 0 Å². The summed E-state index contributed by atoms with van der Waals surface area (Å²) in [5.41, 5.74) is 3.75. The van der Waals surface area contributed by atoms with Gasteiger partial charge in [0.05, 0.1) is 7.11 Å². The maximum absolute atomic E-state index is 5.64. The maximum Gasteiger partial charge on any atom is 0.173 e. The normalized spacial score (nSPS) is 14.7. The summed E-state index contributed by atoms with van der Waals surface area (Å²) in [6.07, 6.45) is 3.62. The molecule has 1 N–H and O–H groups in total. The van der Waals surface area contributed by atoms with Crippen molar-refractivity contribution in [2.45, 2.75) is 32.7 Å². The Kier molecular flexibility index (Phi) is 7.69. The van der Waals surface area contributed by atoms with Crippen molar-refractivity contribution >= 4 is 23.0 Å². The smallest absolute Gasteiger partial charge is 0.173 e. The van der Waals surface area contributed by atoms with Crippen LogP contribution in [0.4, 0.5) is 5.69 Å². The number of nitrogens with zero attached hydrogens (tertiary/aromatic N) is 2. The minimum Gasteiger partial charge on any atom is -0.497 e. The molecule has 5 heteroatoms. The second kappa shape index (κ2) is 10.4. The zero-order chi connectivity index (χ0) is 19.8. The third-order valence-electron chi connectivity index (χ3n) is 5.22. The van der Waals surface area contributed by atoms with Crippen LogP contribution in [0.1, 0.15) is 30.9 Å². The van der Waals surface area contributed by atoms with Crippen molar-refractivity contribution in [1.82, 2.24) is 9.80 Å². The van der Waals surface area contributed by atoms with Gasteiger partial charge < -0.3 is 15.0 Å². The molecule has 1 fully saturated rings. The van der Waals surface area contributed by atoms with Gasteiger partial charge in [-0.1, -0.05) is 37.6 Å². The van der Waals surface area contributed by atoms with Gasteiger partial charge in [-0.2, -0.15) is 0 Å². The van der Waals surface area contributed by atoms with E-state index in [1.54, 1.807) is 7.11 Å². The number of anilines is 1. The zero-order valence-corrected chi connectivity index (χ0v) is 17.8. The maximum atomic E-state index is 5.64. The Balaban J connectivity index is 1.45. The molecule has 0 spiro atoms. The van der Waals surface area contributed by atoms with E-state index in [1.165, 1.54) is 24.0 Å². The van der Waals surface area contributed by atoms with Crippen LogP contribution < -0.4 is 10.1 Å². The number of benzene rings is 2. The SMILES string of the molecule is CCCCc1ccc(NC(=S)N2CCN(Cc3cccc(OC)c3)CC2)cc1. The first kappa shape index (κ1) is 20.6. The monoisotopic (exact) mass is 397 g/mol. The molecule has 0 aromatic heterocycles. The molecular formula is C23H31N3OS. The third-order valence-corrected chi connectivity index (χ3v) is 5.58. The summed E-state index contributed by atoms with van der Waals surface area (Å²) in [6.45, 7) is 7.09. The molecule has 0 bridgehead atoms. The van der Waals surface area contributed by atoms with Gasteiger partial charge in [0, 0.05) is 38.4 Å². The van der Waals surface area contributed by atoms with E-state index in [-0.39, 0.29) is 0 Å². The molecule has 0 radical (unpaired) electrons. The molecule has 1 aliphatic rings. The van der Waals surface area contributed by atoms with Crippen LogP contribution >= 0.6 is 12.2 Å². The fourth-order valence-corrected chi connectivity index (χ4v) is 3.78. The van der Waals surface area contributed by atoms with Gasteiger partial charge in [0.15, 0.2) is 5.11 Å². The Hall–Kier alpha value is -2.11.